The molecule has 0 N–H and O–H groups in total. The van der Waals surface area contributed by atoms with Crippen molar-refractivity contribution in [3.05, 3.63) is 113 Å². The first-order valence-electron chi connectivity index (χ1n) is 13.0. The molecule has 3 heteroatoms. The Labute approximate surface area is 221 Å². The fraction of sp³-hybridized carbons (Fsp3) is 0.265. The summed E-state index contributed by atoms with van der Waals surface area (Å²) < 4.78 is 2.04. The Morgan fingerprint density at radius 2 is 1.76 bits per heavy atom. The molecule has 0 saturated heterocycles. The van der Waals surface area contributed by atoms with Crippen LogP contribution >= 0.6 is 0 Å². The number of allylic oxidation sites excluding steroid dienone is 5. The molecule has 3 nitrogen and oxygen atoms in total. The fourth-order valence-electron chi connectivity index (χ4n) is 6.09. The van der Waals surface area contributed by atoms with Crippen LogP contribution in [0.25, 0.3) is 10.8 Å². The predicted molar refractivity (Wildman–Crippen MR) is 156 cm³/mol. The maximum absolute atomic E-state index is 12.3. The van der Waals surface area contributed by atoms with Crippen LogP contribution < -0.4 is 4.90 Å². The van der Waals surface area contributed by atoms with Gasteiger partial charge in [-0.05, 0) is 54.0 Å². The second kappa shape index (κ2) is 8.92. The molecule has 0 fully saturated rings. The lowest BCUT2D eigenvalue weighted by Gasteiger charge is -2.26. The number of para-hydroxylation sites is 1. The number of aryl methyl sites for hydroxylation is 1. The average Bonchev–Trinajstić information content (AvgIpc) is 3.17. The van der Waals surface area contributed by atoms with Gasteiger partial charge in [0, 0.05) is 22.2 Å². The number of anilines is 1. The minimum Gasteiger partial charge on any atom is -0.337 e. The third kappa shape index (κ3) is 4.03. The third-order valence-corrected chi connectivity index (χ3v) is 7.91. The summed E-state index contributed by atoms with van der Waals surface area (Å²) in [4.78, 5) is 14.5. The summed E-state index contributed by atoms with van der Waals surface area (Å²) in [6, 6.07) is 20.6. The highest BCUT2D eigenvalue weighted by Crippen LogP contribution is 2.51. The number of rotatable bonds is 5. The number of ketones is 1. The number of benzene rings is 3. The number of fused-ring (bicyclic) bond motifs is 4. The number of carbonyl (C=O) groups excluding carboxylic acids is 1. The molecule has 0 amide bonds. The van der Waals surface area contributed by atoms with Gasteiger partial charge in [-0.2, -0.15) is 0 Å². The molecule has 0 bridgehead atoms. The van der Waals surface area contributed by atoms with E-state index in [1.165, 1.54) is 33.5 Å². The van der Waals surface area contributed by atoms with Gasteiger partial charge in [-0.15, -0.1) is 12.2 Å². The molecule has 0 aromatic heterocycles. The van der Waals surface area contributed by atoms with Crippen molar-refractivity contribution < 1.29 is 9.37 Å². The zero-order valence-electron chi connectivity index (χ0n) is 22.8. The van der Waals surface area contributed by atoms with E-state index in [-0.39, 0.29) is 16.6 Å². The minimum atomic E-state index is -0.236. The zero-order valence-corrected chi connectivity index (χ0v) is 22.8. The molecule has 2 aliphatic heterocycles. The number of hydrogen-bond donors (Lipinski definition) is 0. The number of hydrogen-bond acceptors (Lipinski definition) is 2. The monoisotopic (exact) mass is 488 g/mol. The lowest BCUT2D eigenvalue weighted by atomic mass is 9.80. The zero-order chi connectivity index (χ0) is 26.5. The van der Waals surface area contributed by atoms with Crippen molar-refractivity contribution >= 4 is 34.6 Å². The van der Waals surface area contributed by atoms with E-state index in [0.29, 0.717) is 6.54 Å². The number of nitrogens with zero attached hydrogens (tertiary/aromatic N) is 2. The number of carbonyl (C=O) groups is 1. The molecule has 0 radical (unpaired) electrons. The van der Waals surface area contributed by atoms with Crippen LogP contribution in [-0.2, 0) is 15.6 Å². The molecule has 2 heterocycles. The predicted octanol–water partition coefficient (Wildman–Crippen LogP) is 7.70. The van der Waals surface area contributed by atoms with Gasteiger partial charge in [-0.3, -0.25) is 9.37 Å². The van der Waals surface area contributed by atoms with Crippen LogP contribution in [0.4, 0.5) is 11.4 Å². The third-order valence-electron chi connectivity index (χ3n) is 7.91. The van der Waals surface area contributed by atoms with Gasteiger partial charge in [0.15, 0.2) is 0 Å². The number of Topliss-reactive ketones (excluding diaryl/α,β-unsaturated/α-hetero) is 1. The van der Waals surface area contributed by atoms with Gasteiger partial charge >= 0.3 is 0 Å². The van der Waals surface area contributed by atoms with Crippen molar-refractivity contribution in [1.82, 2.24) is 0 Å². The van der Waals surface area contributed by atoms with E-state index in [9.17, 15) is 4.79 Å². The van der Waals surface area contributed by atoms with Crippen molar-refractivity contribution in [3.63, 3.8) is 0 Å². The molecular weight excluding hydrogens is 452 g/mol. The maximum atomic E-state index is 12.3. The second-order valence-electron chi connectivity index (χ2n) is 11.3. The van der Waals surface area contributed by atoms with Crippen LogP contribution in [0.2, 0.25) is 0 Å². The fourth-order valence-corrected chi connectivity index (χ4v) is 6.09. The summed E-state index contributed by atoms with van der Waals surface area (Å²) in [7, 11) is 0. The van der Waals surface area contributed by atoms with Gasteiger partial charge in [0.05, 0.1) is 13.3 Å². The SMILES string of the molecule is C=[N+]1c2ccccc2C(C)(C)[C-]1C=CC=CC=C1N(CC(C)=O)c2ccc3ccc(C)cc3c2C1(C)C. The van der Waals surface area contributed by atoms with Crippen LogP contribution in [0, 0.1) is 13.0 Å². The van der Waals surface area contributed by atoms with Crippen LogP contribution in [0.5, 0.6) is 0 Å². The average molecular weight is 489 g/mol. The highest BCUT2D eigenvalue weighted by Gasteiger charge is 2.43. The standard InChI is InChI=1S/C34H36N2O/c1-23-17-18-25-19-20-29-32(26(25)21-23)34(5,6)31(36(29)22-24(2)37)16-10-8-9-15-30-33(3,4)27-13-11-12-14-28(27)35(30)7/h8-21H,7,22H2,1-6H3. The molecule has 0 saturated carbocycles. The van der Waals surface area contributed by atoms with Crippen molar-refractivity contribution in [2.45, 2.75) is 52.4 Å². The van der Waals surface area contributed by atoms with Crippen molar-refractivity contribution in [3.8, 4) is 0 Å². The van der Waals surface area contributed by atoms with Crippen molar-refractivity contribution in [1.29, 1.82) is 0 Å². The molecule has 0 atom stereocenters. The summed E-state index contributed by atoms with van der Waals surface area (Å²) in [6.07, 6.45) is 10.6. The Kier molecular flexibility index (Phi) is 5.98. The van der Waals surface area contributed by atoms with Crippen molar-refractivity contribution in [2.75, 3.05) is 11.4 Å². The molecule has 0 unspecified atom stereocenters. The largest absolute Gasteiger partial charge is 0.337 e. The molecule has 0 aliphatic carbocycles. The first-order valence-corrected chi connectivity index (χ1v) is 13.0. The Balaban J connectivity index is 1.48. The van der Waals surface area contributed by atoms with Gasteiger partial charge in [0.25, 0.3) is 0 Å². The Morgan fingerprint density at radius 3 is 2.49 bits per heavy atom. The van der Waals surface area contributed by atoms with Gasteiger partial charge in [-0.1, -0.05) is 87.9 Å². The Bertz CT molecular complexity index is 1520. The van der Waals surface area contributed by atoms with E-state index in [1.54, 1.807) is 6.92 Å². The van der Waals surface area contributed by atoms with Gasteiger partial charge < -0.3 is 4.90 Å². The van der Waals surface area contributed by atoms with Crippen LogP contribution in [0.1, 0.15) is 51.3 Å². The summed E-state index contributed by atoms with van der Waals surface area (Å²) in [5, 5.41) is 2.49. The first kappa shape index (κ1) is 24.8. The van der Waals surface area contributed by atoms with Gasteiger partial charge in [0.1, 0.15) is 17.5 Å². The second-order valence-corrected chi connectivity index (χ2v) is 11.3. The first-order chi connectivity index (χ1) is 17.5. The van der Waals surface area contributed by atoms with Crippen LogP contribution in [0.3, 0.4) is 0 Å². The van der Waals surface area contributed by atoms with Crippen molar-refractivity contribution in [2.24, 2.45) is 0 Å². The van der Waals surface area contributed by atoms with Gasteiger partial charge in [0.2, 0.25) is 0 Å². The van der Waals surface area contributed by atoms with E-state index in [4.69, 9.17) is 0 Å². The van der Waals surface area contributed by atoms with Crippen LogP contribution in [0.15, 0.2) is 90.7 Å². The summed E-state index contributed by atoms with van der Waals surface area (Å²) in [5.74, 6) is 0.151. The lowest BCUT2D eigenvalue weighted by molar-refractivity contribution is -0.405. The molecule has 0 spiro atoms. The van der Waals surface area contributed by atoms with E-state index >= 15 is 0 Å². The van der Waals surface area contributed by atoms with Gasteiger partial charge in [-0.25, -0.2) is 0 Å². The smallest absolute Gasteiger partial charge is 0.149 e. The molecular formula is C34H36N2O. The molecule has 5 rings (SSSR count). The van der Waals surface area contributed by atoms with E-state index < -0.39 is 0 Å². The summed E-state index contributed by atoms with van der Waals surface area (Å²) >= 11 is 0. The van der Waals surface area contributed by atoms with Crippen LogP contribution in [-0.4, -0.2) is 23.6 Å². The summed E-state index contributed by atoms with van der Waals surface area (Å²) in [5.41, 5.74) is 6.91. The summed E-state index contributed by atoms with van der Waals surface area (Å²) in [6.45, 7) is 17.5. The minimum absolute atomic E-state index is 0.103. The lowest BCUT2D eigenvalue weighted by Crippen LogP contribution is -2.29. The highest BCUT2D eigenvalue weighted by molar-refractivity contribution is 5.97. The highest BCUT2D eigenvalue weighted by atomic mass is 16.1. The quantitative estimate of drug-likeness (QED) is 0.209. The molecule has 2 aliphatic rings. The Morgan fingerprint density at radius 1 is 1.03 bits per heavy atom. The molecule has 3 aromatic rings. The maximum Gasteiger partial charge on any atom is 0.149 e. The van der Waals surface area contributed by atoms with E-state index in [0.717, 1.165) is 17.1 Å². The van der Waals surface area contributed by atoms with E-state index in [1.807, 2.05) is 4.58 Å². The topological polar surface area (TPSA) is 23.3 Å². The van der Waals surface area contributed by atoms with E-state index in [2.05, 4.69) is 131 Å². The normalized spacial score (nSPS) is 19.0. The molecule has 37 heavy (non-hydrogen) atoms. The molecule has 188 valence electrons. The molecule has 3 aromatic carbocycles. The Hall–Kier alpha value is -3.85.